The predicted octanol–water partition coefficient (Wildman–Crippen LogP) is 6.53. The van der Waals surface area contributed by atoms with E-state index in [1.54, 1.807) is 41.5 Å². The third-order valence-corrected chi connectivity index (χ3v) is 5.21. The molecule has 0 atom stereocenters. The minimum absolute atomic E-state index is 0.0366. The van der Waals surface area contributed by atoms with E-state index < -0.39 is 51.3 Å². The van der Waals surface area contributed by atoms with Crippen molar-refractivity contribution in [3.63, 3.8) is 0 Å². The molecule has 14 heteroatoms. The maximum absolute atomic E-state index is 15.0. The molecule has 0 saturated carbocycles. The molecule has 0 fully saturated rings. The zero-order valence-electron chi connectivity index (χ0n) is 25.2. The lowest BCUT2D eigenvalue weighted by Gasteiger charge is -2.31. The minimum atomic E-state index is -1.13. The molecule has 3 amide bonds. The second kappa shape index (κ2) is 12.6. The average Bonchev–Trinajstić information content (AvgIpc) is 2.78. The SMILES string of the molecule is CC(C)(C)OC(=O)N(C(=O)OC(C)(C)C)c1ncc(C(C)(C)C)c(Oc2ccc([N+](=O)[O-])cc2F)c1CCOC(N)=O. The fourth-order valence-corrected chi connectivity index (χ4v) is 3.51. The topological polar surface area (TPSA) is 173 Å². The number of nitro benzene ring substituents is 1. The first-order valence-electron chi connectivity index (χ1n) is 12.9. The van der Waals surface area contributed by atoms with Crippen LogP contribution in [-0.4, -0.2) is 46.0 Å². The van der Waals surface area contributed by atoms with E-state index in [4.69, 9.17) is 24.7 Å². The molecule has 1 aromatic heterocycles. The fourth-order valence-electron chi connectivity index (χ4n) is 3.51. The van der Waals surface area contributed by atoms with Crippen LogP contribution in [0.2, 0.25) is 0 Å². The normalized spacial score (nSPS) is 11.9. The summed E-state index contributed by atoms with van der Waals surface area (Å²) in [5.41, 5.74) is 2.34. The summed E-state index contributed by atoms with van der Waals surface area (Å²) in [6, 6.07) is 2.82. The molecule has 230 valence electrons. The zero-order valence-corrected chi connectivity index (χ0v) is 25.2. The first kappa shape index (κ1) is 33.7. The van der Waals surface area contributed by atoms with Gasteiger partial charge in [-0.25, -0.2) is 23.8 Å². The van der Waals surface area contributed by atoms with Crippen LogP contribution in [0.1, 0.15) is 73.4 Å². The van der Waals surface area contributed by atoms with E-state index in [0.717, 1.165) is 12.1 Å². The molecule has 0 saturated heterocycles. The third-order valence-electron chi connectivity index (χ3n) is 5.21. The largest absolute Gasteiger partial charge is 0.453 e. The maximum Gasteiger partial charge on any atom is 0.425 e. The van der Waals surface area contributed by atoms with E-state index in [1.807, 2.05) is 20.8 Å². The second-order valence-corrected chi connectivity index (χ2v) is 12.2. The van der Waals surface area contributed by atoms with Gasteiger partial charge >= 0.3 is 18.3 Å². The van der Waals surface area contributed by atoms with Gasteiger partial charge in [0.2, 0.25) is 0 Å². The van der Waals surface area contributed by atoms with Crippen LogP contribution in [0.3, 0.4) is 0 Å². The van der Waals surface area contributed by atoms with E-state index in [1.165, 1.54) is 6.20 Å². The lowest BCUT2D eigenvalue weighted by molar-refractivity contribution is -0.385. The fraction of sp³-hybridized carbons (Fsp3) is 0.500. The van der Waals surface area contributed by atoms with Gasteiger partial charge in [0, 0.05) is 29.8 Å². The summed E-state index contributed by atoms with van der Waals surface area (Å²) in [7, 11) is 0. The molecule has 1 heterocycles. The standard InChI is InChI=1S/C28H37FN4O9/c1-26(2,3)18-15-31-22(32(24(35)41-27(4,5)6)25(36)42-28(7,8)9)17(12-13-39-23(30)34)21(18)40-20-11-10-16(33(37)38)14-19(20)29/h10-11,14-15H,12-13H2,1-9H3,(H2,30,34). The van der Waals surface area contributed by atoms with Crippen molar-refractivity contribution in [3.05, 3.63) is 51.5 Å². The molecule has 1 aromatic carbocycles. The number of halogens is 1. The van der Waals surface area contributed by atoms with Gasteiger partial charge in [-0.05, 0) is 53.0 Å². The smallest absolute Gasteiger partial charge is 0.425 e. The van der Waals surface area contributed by atoms with Gasteiger partial charge in [0.25, 0.3) is 5.69 Å². The van der Waals surface area contributed by atoms with Crippen molar-refractivity contribution in [1.82, 2.24) is 4.98 Å². The number of carbonyl (C=O) groups excluding carboxylic acids is 3. The van der Waals surface area contributed by atoms with Crippen molar-refractivity contribution in [2.24, 2.45) is 5.73 Å². The van der Waals surface area contributed by atoms with Gasteiger partial charge in [0.1, 0.15) is 17.0 Å². The van der Waals surface area contributed by atoms with Gasteiger partial charge in [-0.1, -0.05) is 20.8 Å². The molecule has 0 aliphatic heterocycles. The van der Waals surface area contributed by atoms with Gasteiger partial charge in [-0.2, -0.15) is 4.90 Å². The highest BCUT2D eigenvalue weighted by Crippen LogP contribution is 2.42. The monoisotopic (exact) mass is 592 g/mol. The Balaban J connectivity index is 2.90. The molecule has 0 radical (unpaired) electrons. The van der Waals surface area contributed by atoms with Crippen LogP contribution in [0, 0.1) is 15.9 Å². The molecule has 0 aliphatic rings. The van der Waals surface area contributed by atoms with Crippen LogP contribution in [-0.2, 0) is 26.0 Å². The van der Waals surface area contributed by atoms with Crippen LogP contribution in [0.4, 0.5) is 30.3 Å². The lowest BCUT2D eigenvalue weighted by atomic mass is 9.86. The number of non-ortho nitro benzene ring substituents is 1. The minimum Gasteiger partial charge on any atom is -0.453 e. The highest BCUT2D eigenvalue weighted by Gasteiger charge is 2.37. The van der Waals surface area contributed by atoms with Crippen LogP contribution in [0.15, 0.2) is 24.4 Å². The Hall–Kier alpha value is -4.49. The number of amides is 3. The summed E-state index contributed by atoms with van der Waals surface area (Å²) in [4.78, 5) is 53.5. The number of rotatable bonds is 7. The number of nitro groups is 1. The van der Waals surface area contributed by atoms with Crippen molar-refractivity contribution in [3.8, 4) is 11.5 Å². The van der Waals surface area contributed by atoms with E-state index in [9.17, 15) is 24.5 Å². The summed E-state index contributed by atoms with van der Waals surface area (Å²) in [6.45, 7) is 14.7. The summed E-state index contributed by atoms with van der Waals surface area (Å²) >= 11 is 0. The Morgan fingerprint density at radius 2 is 1.55 bits per heavy atom. The molecule has 2 rings (SSSR count). The molecule has 2 aromatic rings. The van der Waals surface area contributed by atoms with E-state index in [-0.39, 0.29) is 35.9 Å². The highest BCUT2D eigenvalue weighted by atomic mass is 19.1. The van der Waals surface area contributed by atoms with Gasteiger partial charge in [-0.3, -0.25) is 10.1 Å². The molecule has 2 N–H and O–H groups in total. The first-order valence-corrected chi connectivity index (χ1v) is 12.9. The quantitative estimate of drug-likeness (QED) is 0.211. The van der Waals surface area contributed by atoms with Crippen molar-refractivity contribution < 1.29 is 42.6 Å². The summed E-state index contributed by atoms with van der Waals surface area (Å²) in [5, 5.41) is 11.1. The summed E-state index contributed by atoms with van der Waals surface area (Å²) in [6.07, 6.45) is -2.21. The van der Waals surface area contributed by atoms with Crippen LogP contribution < -0.4 is 15.4 Å². The molecular weight excluding hydrogens is 555 g/mol. The number of carbonyl (C=O) groups is 3. The number of nitrogens with zero attached hydrogens (tertiary/aromatic N) is 3. The van der Waals surface area contributed by atoms with E-state index in [0.29, 0.717) is 16.5 Å². The average molecular weight is 593 g/mol. The number of pyridine rings is 1. The molecule has 13 nitrogen and oxygen atoms in total. The van der Waals surface area contributed by atoms with Crippen molar-refractivity contribution >= 4 is 29.8 Å². The Bertz CT molecular complexity index is 1330. The first-order chi connectivity index (χ1) is 19.1. The lowest BCUT2D eigenvalue weighted by Crippen LogP contribution is -2.44. The second-order valence-electron chi connectivity index (χ2n) is 12.2. The van der Waals surface area contributed by atoms with Crippen LogP contribution >= 0.6 is 0 Å². The number of hydrogen-bond donors (Lipinski definition) is 1. The van der Waals surface area contributed by atoms with Gasteiger partial charge in [0.05, 0.1) is 17.6 Å². The highest BCUT2D eigenvalue weighted by molar-refractivity contribution is 6.09. The molecule has 0 bridgehead atoms. The summed E-state index contributed by atoms with van der Waals surface area (Å²) < 4.78 is 36.9. The number of primary amides is 1. The van der Waals surface area contributed by atoms with E-state index >= 15 is 4.39 Å². The molecule has 0 aliphatic carbocycles. The van der Waals surface area contributed by atoms with Crippen molar-refractivity contribution in [1.29, 1.82) is 0 Å². The van der Waals surface area contributed by atoms with Gasteiger partial charge in [0.15, 0.2) is 17.4 Å². The van der Waals surface area contributed by atoms with Crippen molar-refractivity contribution in [2.75, 3.05) is 11.5 Å². The number of hydrogen-bond acceptors (Lipinski definition) is 10. The molecule has 42 heavy (non-hydrogen) atoms. The number of ether oxygens (including phenoxy) is 4. The molecular formula is C28H37FN4O9. The van der Waals surface area contributed by atoms with Gasteiger partial charge < -0.3 is 24.7 Å². The molecule has 0 unspecified atom stereocenters. The number of aromatic nitrogens is 1. The van der Waals surface area contributed by atoms with Crippen molar-refractivity contribution in [2.45, 2.75) is 85.4 Å². The predicted molar refractivity (Wildman–Crippen MR) is 150 cm³/mol. The summed E-state index contributed by atoms with van der Waals surface area (Å²) in [5.74, 6) is -1.76. The number of anilines is 1. The Morgan fingerprint density at radius 3 is 1.98 bits per heavy atom. The number of nitrogens with two attached hydrogens (primary N) is 1. The zero-order chi connectivity index (χ0) is 32.2. The number of imide groups is 1. The van der Waals surface area contributed by atoms with Crippen LogP contribution in [0.5, 0.6) is 11.5 Å². The Morgan fingerprint density at radius 1 is 1.00 bits per heavy atom. The van der Waals surface area contributed by atoms with E-state index in [2.05, 4.69) is 4.98 Å². The third kappa shape index (κ3) is 9.28. The Kier molecular flexibility index (Phi) is 10.1. The molecule has 0 spiro atoms. The Labute approximate surface area is 243 Å². The number of benzene rings is 1. The maximum atomic E-state index is 15.0. The van der Waals surface area contributed by atoms with Gasteiger partial charge in [-0.15, -0.1) is 0 Å². The van der Waals surface area contributed by atoms with Crippen LogP contribution in [0.25, 0.3) is 0 Å².